The molecule has 0 amide bonds. The standard InChI is InChI=1S/C18H35NO2/c1-3-9-18(10-11-18)14-19-12-16(20)13-21-17-8-6-5-7-15(17)4-2/h15-17,19-20H,3-14H2,1-2H3. The van der Waals surface area contributed by atoms with Crippen molar-refractivity contribution in [2.24, 2.45) is 11.3 Å². The minimum atomic E-state index is -0.359. The molecule has 3 nitrogen and oxygen atoms in total. The predicted octanol–water partition coefficient (Wildman–Crippen LogP) is 3.50. The zero-order valence-electron chi connectivity index (χ0n) is 14.1. The van der Waals surface area contributed by atoms with Crippen LogP contribution in [0.3, 0.4) is 0 Å². The first kappa shape index (κ1) is 17.2. The summed E-state index contributed by atoms with van der Waals surface area (Å²) in [6, 6.07) is 0. The van der Waals surface area contributed by atoms with E-state index >= 15 is 0 Å². The fourth-order valence-corrected chi connectivity index (χ4v) is 3.88. The molecule has 2 N–H and O–H groups in total. The summed E-state index contributed by atoms with van der Waals surface area (Å²) in [6.07, 6.45) is 11.7. The second-order valence-electron chi connectivity index (χ2n) is 7.36. The molecule has 0 aromatic rings. The molecular weight excluding hydrogens is 262 g/mol. The molecule has 3 heteroatoms. The summed E-state index contributed by atoms with van der Waals surface area (Å²) >= 11 is 0. The third-order valence-corrected chi connectivity index (χ3v) is 5.48. The molecule has 0 aromatic heterocycles. The highest BCUT2D eigenvalue weighted by Crippen LogP contribution is 2.48. The van der Waals surface area contributed by atoms with Gasteiger partial charge in [-0.1, -0.05) is 39.5 Å². The van der Waals surface area contributed by atoms with Gasteiger partial charge in [0.2, 0.25) is 0 Å². The molecule has 0 aromatic carbocycles. The number of hydrogen-bond acceptors (Lipinski definition) is 3. The Morgan fingerprint density at radius 2 is 2.00 bits per heavy atom. The summed E-state index contributed by atoms with van der Waals surface area (Å²) in [5.41, 5.74) is 0.562. The van der Waals surface area contributed by atoms with Crippen molar-refractivity contribution in [3.63, 3.8) is 0 Å². The lowest BCUT2D eigenvalue weighted by Gasteiger charge is -2.31. The van der Waals surface area contributed by atoms with Gasteiger partial charge in [-0.05, 0) is 43.4 Å². The maximum Gasteiger partial charge on any atom is 0.0897 e. The number of nitrogens with one attached hydrogen (secondary N) is 1. The van der Waals surface area contributed by atoms with Crippen LogP contribution < -0.4 is 5.32 Å². The number of aliphatic hydroxyl groups is 1. The minimum absolute atomic E-state index is 0.359. The molecule has 0 bridgehead atoms. The minimum Gasteiger partial charge on any atom is -0.389 e. The van der Waals surface area contributed by atoms with Gasteiger partial charge in [-0.3, -0.25) is 0 Å². The van der Waals surface area contributed by atoms with Crippen LogP contribution in [-0.2, 0) is 4.74 Å². The first-order chi connectivity index (χ1) is 10.2. The van der Waals surface area contributed by atoms with Crippen LogP contribution in [0.25, 0.3) is 0 Å². The van der Waals surface area contributed by atoms with Gasteiger partial charge in [-0.2, -0.15) is 0 Å². The molecule has 3 unspecified atom stereocenters. The van der Waals surface area contributed by atoms with Gasteiger partial charge in [0.15, 0.2) is 0 Å². The lowest BCUT2D eigenvalue weighted by Crippen LogP contribution is -2.36. The van der Waals surface area contributed by atoms with Gasteiger partial charge >= 0.3 is 0 Å². The molecule has 0 heterocycles. The number of ether oxygens (including phenoxy) is 1. The smallest absolute Gasteiger partial charge is 0.0897 e. The Morgan fingerprint density at radius 3 is 2.67 bits per heavy atom. The second kappa shape index (κ2) is 8.50. The summed E-state index contributed by atoms with van der Waals surface area (Å²) in [5.74, 6) is 0.707. The van der Waals surface area contributed by atoms with Crippen LogP contribution in [-0.4, -0.2) is 37.0 Å². The molecule has 2 fully saturated rings. The van der Waals surface area contributed by atoms with E-state index in [1.54, 1.807) is 0 Å². The normalized spacial score (nSPS) is 29.3. The van der Waals surface area contributed by atoms with Crippen molar-refractivity contribution in [2.45, 2.75) is 83.8 Å². The largest absolute Gasteiger partial charge is 0.389 e. The van der Waals surface area contributed by atoms with Gasteiger partial charge in [0.25, 0.3) is 0 Å². The van der Waals surface area contributed by atoms with Crippen LogP contribution in [0.4, 0.5) is 0 Å². The highest BCUT2D eigenvalue weighted by Gasteiger charge is 2.40. The average Bonchev–Trinajstić information content (AvgIpc) is 3.25. The average molecular weight is 297 g/mol. The van der Waals surface area contributed by atoms with Gasteiger partial charge in [0.1, 0.15) is 0 Å². The molecule has 2 aliphatic rings. The molecule has 2 saturated carbocycles. The Morgan fingerprint density at radius 1 is 1.24 bits per heavy atom. The molecule has 3 atom stereocenters. The van der Waals surface area contributed by atoms with Crippen molar-refractivity contribution in [3.8, 4) is 0 Å². The number of hydrogen-bond donors (Lipinski definition) is 2. The van der Waals surface area contributed by atoms with Crippen molar-refractivity contribution < 1.29 is 9.84 Å². The quantitative estimate of drug-likeness (QED) is 0.648. The van der Waals surface area contributed by atoms with Gasteiger partial charge in [0, 0.05) is 13.1 Å². The van der Waals surface area contributed by atoms with Gasteiger partial charge in [-0.25, -0.2) is 0 Å². The summed E-state index contributed by atoms with van der Waals surface area (Å²) in [7, 11) is 0. The zero-order chi connectivity index (χ0) is 15.1. The van der Waals surface area contributed by atoms with E-state index in [0.717, 1.165) is 6.54 Å². The maximum atomic E-state index is 10.1. The van der Waals surface area contributed by atoms with Crippen LogP contribution in [0.15, 0.2) is 0 Å². The SMILES string of the molecule is CCCC1(CNCC(O)COC2CCCCC2CC)CC1. The van der Waals surface area contributed by atoms with E-state index in [1.165, 1.54) is 57.8 Å². The van der Waals surface area contributed by atoms with E-state index in [9.17, 15) is 5.11 Å². The van der Waals surface area contributed by atoms with Gasteiger partial charge in [0.05, 0.1) is 18.8 Å². The molecule has 2 aliphatic carbocycles. The molecular formula is C18H35NO2. The molecule has 0 spiro atoms. The third kappa shape index (κ3) is 5.54. The maximum absolute atomic E-state index is 10.1. The Labute approximate surface area is 130 Å². The van der Waals surface area contributed by atoms with E-state index in [1.807, 2.05) is 0 Å². The second-order valence-corrected chi connectivity index (χ2v) is 7.36. The van der Waals surface area contributed by atoms with Crippen molar-refractivity contribution in [3.05, 3.63) is 0 Å². The van der Waals surface area contributed by atoms with Crippen molar-refractivity contribution in [2.75, 3.05) is 19.7 Å². The number of aliphatic hydroxyl groups excluding tert-OH is 1. The van der Waals surface area contributed by atoms with E-state index < -0.39 is 0 Å². The predicted molar refractivity (Wildman–Crippen MR) is 87.4 cm³/mol. The molecule has 2 rings (SSSR count). The van der Waals surface area contributed by atoms with Gasteiger partial charge in [-0.15, -0.1) is 0 Å². The van der Waals surface area contributed by atoms with Crippen LogP contribution in [0.1, 0.15) is 71.6 Å². The van der Waals surface area contributed by atoms with Gasteiger partial charge < -0.3 is 15.2 Å². The highest BCUT2D eigenvalue weighted by atomic mass is 16.5. The number of rotatable bonds is 10. The Balaban J connectivity index is 1.57. The van der Waals surface area contributed by atoms with Crippen LogP contribution in [0, 0.1) is 11.3 Å². The van der Waals surface area contributed by atoms with Crippen LogP contribution in [0.2, 0.25) is 0 Å². The van der Waals surface area contributed by atoms with E-state index in [0.29, 0.717) is 30.6 Å². The summed E-state index contributed by atoms with van der Waals surface area (Å²) < 4.78 is 6.00. The fraction of sp³-hybridized carbons (Fsp3) is 1.00. The van der Waals surface area contributed by atoms with E-state index in [4.69, 9.17) is 4.74 Å². The summed E-state index contributed by atoms with van der Waals surface area (Å²) in [6.45, 7) is 6.76. The van der Waals surface area contributed by atoms with Crippen molar-refractivity contribution >= 4 is 0 Å². The van der Waals surface area contributed by atoms with Crippen LogP contribution >= 0.6 is 0 Å². The molecule has 0 aliphatic heterocycles. The molecule has 0 radical (unpaired) electrons. The molecule has 124 valence electrons. The van der Waals surface area contributed by atoms with Crippen molar-refractivity contribution in [1.29, 1.82) is 0 Å². The van der Waals surface area contributed by atoms with Crippen LogP contribution in [0.5, 0.6) is 0 Å². The molecule has 21 heavy (non-hydrogen) atoms. The highest BCUT2D eigenvalue weighted by molar-refractivity contribution is 4.94. The first-order valence-electron chi connectivity index (χ1n) is 9.19. The Kier molecular flexibility index (Phi) is 6.97. The third-order valence-electron chi connectivity index (χ3n) is 5.48. The summed E-state index contributed by atoms with van der Waals surface area (Å²) in [4.78, 5) is 0. The lowest BCUT2D eigenvalue weighted by atomic mass is 9.85. The monoisotopic (exact) mass is 297 g/mol. The van der Waals surface area contributed by atoms with E-state index in [-0.39, 0.29) is 6.10 Å². The topological polar surface area (TPSA) is 41.5 Å². The fourth-order valence-electron chi connectivity index (χ4n) is 3.88. The molecule has 0 saturated heterocycles. The lowest BCUT2D eigenvalue weighted by molar-refractivity contribution is -0.0500. The summed E-state index contributed by atoms with van der Waals surface area (Å²) in [5, 5.41) is 13.6. The first-order valence-corrected chi connectivity index (χ1v) is 9.19. The zero-order valence-corrected chi connectivity index (χ0v) is 14.1. The van der Waals surface area contributed by atoms with Crippen molar-refractivity contribution in [1.82, 2.24) is 5.32 Å². The Hall–Kier alpha value is -0.120. The Bertz CT molecular complexity index is 291. The van der Waals surface area contributed by atoms with E-state index in [2.05, 4.69) is 19.2 Å².